The van der Waals surface area contributed by atoms with Gasteiger partial charge in [-0.3, -0.25) is 4.79 Å². The first-order valence-corrected chi connectivity index (χ1v) is 7.57. The maximum Gasteiger partial charge on any atom is 0.253 e. The van der Waals surface area contributed by atoms with Gasteiger partial charge in [0.05, 0.1) is 5.02 Å². The van der Waals surface area contributed by atoms with Gasteiger partial charge in [0.2, 0.25) is 0 Å². The molecule has 0 spiro atoms. The van der Waals surface area contributed by atoms with Gasteiger partial charge in [-0.05, 0) is 61.1 Å². The fraction of sp³-hybridized carbons (Fsp3) is 0.500. The van der Waals surface area contributed by atoms with Crippen molar-refractivity contribution >= 4 is 33.4 Å². The maximum absolute atomic E-state index is 12.5. The van der Waals surface area contributed by atoms with Gasteiger partial charge in [-0.1, -0.05) is 11.6 Å². The van der Waals surface area contributed by atoms with Crippen LogP contribution in [0.2, 0.25) is 5.02 Å². The summed E-state index contributed by atoms with van der Waals surface area (Å²) < 4.78 is 0.765. The van der Waals surface area contributed by atoms with Crippen molar-refractivity contribution in [1.82, 2.24) is 9.80 Å². The molecule has 1 aliphatic rings. The Bertz CT molecular complexity index is 479. The van der Waals surface area contributed by atoms with Crippen LogP contribution in [0.25, 0.3) is 0 Å². The van der Waals surface area contributed by atoms with Crippen LogP contribution in [0.4, 0.5) is 0 Å². The van der Waals surface area contributed by atoms with E-state index in [-0.39, 0.29) is 5.91 Å². The number of carbonyl (C=O) groups is 1. The molecule has 0 aromatic heterocycles. The van der Waals surface area contributed by atoms with Gasteiger partial charge in [0, 0.05) is 29.2 Å². The van der Waals surface area contributed by atoms with E-state index in [1.165, 1.54) is 0 Å². The summed E-state index contributed by atoms with van der Waals surface area (Å²) >= 11 is 9.32. The van der Waals surface area contributed by atoms with Crippen molar-refractivity contribution in [3.63, 3.8) is 0 Å². The van der Waals surface area contributed by atoms with E-state index in [9.17, 15) is 4.79 Å². The van der Waals surface area contributed by atoms with E-state index in [1.54, 1.807) is 18.2 Å². The average molecular weight is 346 g/mol. The molecule has 1 heterocycles. The molecule has 104 valence electrons. The second-order valence-corrected chi connectivity index (χ2v) is 6.40. The molecule has 1 unspecified atom stereocenters. The maximum atomic E-state index is 12.5. The third-order valence-electron chi connectivity index (χ3n) is 3.58. The number of amides is 1. The van der Waals surface area contributed by atoms with Crippen molar-refractivity contribution < 1.29 is 4.79 Å². The topological polar surface area (TPSA) is 23.6 Å². The van der Waals surface area contributed by atoms with E-state index in [0.717, 1.165) is 30.4 Å². The van der Waals surface area contributed by atoms with Gasteiger partial charge in [0.1, 0.15) is 0 Å². The van der Waals surface area contributed by atoms with Crippen molar-refractivity contribution in [3.8, 4) is 0 Å². The average Bonchev–Trinajstić information content (AvgIpc) is 2.41. The second kappa shape index (κ2) is 6.25. The van der Waals surface area contributed by atoms with Crippen LogP contribution in [0.1, 0.15) is 23.2 Å². The summed E-state index contributed by atoms with van der Waals surface area (Å²) in [6.07, 6.45) is 2.21. The molecule has 1 fully saturated rings. The molecule has 19 heavy (non-hydrogen) atoms. The molecule has 1 atom stereocenters. The van der Waals surface area contributed by atoms with Gasteiger partial charge in [0.15, 0.2) is 0 Å². The predicted octanol–water partition coefficient (Wildman–Crippen LogP) is 3.27. The minimum absolute atomic E-state index is 0.0870. The molecular formula is C14H18BrClN2O. The fourth-order valence-electron chi connectivity index (χ4n) is 2.37. The minimum Gasteiger partial charge on any atom is -0.337 e. The molecule has 0 radical (unpaired) electrons. The van der Waals surface area contributed by atoms with Crippen molar-refractivity contribution in [3.05, 3.63) is 33.3 Å². The van der Waals surface area contributed by atoms with Gasteiger partial charge in [-0.15, -0.1) is 0 Å². The zero-order valence-electron chi connectivity index (χ0n) is 11.2. The Balaban J connectivity index is 2.12. The fourth-order valence-corrected chi connectivity index (χ4v) is 2.87. The SMILES string of the molecule is CN(C)C1CCCN(C(=O)c2ccc(Cl)c(Br)c2)C1. The summed E-state index contributed by atoms with van der Waals surface area (Å²) in [5.41, 5.74) is 0.690. The number of likely N-dealkylation sites (tertiary alicyclic amines) is 1. The lowest BCUT2D eigenvalue weighted by atomic mass is 10.0. The largest absolute Gasteiger partial charge is 0.337 e. The van der Waals surface area contributed by atoms with E-state index >= 15 is 0 Å². The van der Waals surface area contributed by atoms with E-state index in [0.29, 0.717) is 16.6 Å². The monoisotopic (exact) mass is 344 g/mol. The van der Waals surface area contributed by atoms with E-state index in [4.69, 9.17) is 11.6 Å². The molecule has 0 saturated carbocycles. The molecule has 0 bridgehead atoms. The number of halogens is 2. The second-order valence-electron chi connectivity index (χ2n) is 5.14. The Morgan fingerprint density at radius 1 is 1.47 bits per heavy atom. The zero-order chi connectivity index (χ0) is 14.0. The summed E-state index contributed by atoms with van der Waals surface area (Å²) in [6, 6.07) is 5.79. The van der Waals surface area contributed by atoms with Crippen LogP contribution in [-0.2, 0) is 0 Å². The predicted molar refractivity (Wildman–Crippen MR) is 81.8 cm³/mol. The molecule has 2 rings (SSSR count). The number of hydrogen-bond acceptors (Lipinski definition) is 2. The first-order valence-electron chi connectivity index (χ1n) is 6.40. The number of hydrogen-bond donors (Lipinski definition) is 0. The first kappa shape index (κ1) is 14.8. The molecule has 1 saturated heterocycles. The van der Waals surface area contributed by atoms with Gasteiger partial charge in [-0.2, -0.15) is 0 Å². The highest BCUT2D eigenvalue weighted by Gasteiger charge is 2.25. The molecular weight excluding hydrogens is 328 g/mol. The standard InChI is InChI=1S/C14H18BrClN2O/c1-17(2)11-4-3-7-18(9-11)14(19)10-5-6-13(16)12(15)8-10/h5-6,8,11H,3-4,7,9H2,1-2H3. The summed E-state index contributed by atoms with van der Waals surface area (Å²) in [5, 5.41) is 0.626. The van der Waals surface area contributed by atoms with Crippen molar-refractivity contribution in [2.75, 3.05) is 27.2 Å². The summed E-state index contributed by atoms with van der Waals surface area (Å²) in [4.78, 5) is 16.6. The molecule has 1 aromatic rings. The number of carbonyl (C=O) groups excluding carboxylic acids is 1. The molecule has 3 nitrogen and oxygen atoms in total. The van der Waals surface area contributed by atoms with Crippen LogP contribution in [0, 0.1) is 0 Å². The molecule has 1 aliphatic heterocycles. The van der Waals surface area contributed by atoms with E-state index in [1.807, 2.05) is 4.90 Å². The number of rotatable bonds is 2. The Morgan fingerprint density at radius 2 is 2.21 bits per heavy atom. The number of likely N-dealkylation sites (N-methyl/N-ethyl adjacent to an activating group) is 1. The number of benzene rings is 1. The zero-order valence-corrected chi connectivity index (χ0v) is 13.5. The van der Waals surface area contributed by atoms with Crippen molar-refractivity contribution in [2.45, 2.75) is 18.9 Å². The Labute approximate surface area is 127 Å². The Hall–Kier alpha value is -0.580. The normalized spacial score (nSPS) is 19.8. The smallest absolute Gasteiger partial charge is 0.253 e. The summed E-state index contributed by atoms with van der Waals surface area (Å²) in [5.74, 6) is 0.0870. The van der Waals surface area contributed by atoms with Gasteiger partial charge >= 0.3 is 0 Å². The lowest BCUT2D eigenvalue weighted by molar-refractivity contribution is 0.0635. The van der Waals surface area contributed by atoms with Crippen molar-refractivity contribution in [2.24, 2.45) is 0 Å². The lowest BCUT2D eigenvalue weighted by Crippen LogP contribution is -2.47. The molecule has 1 amide bonds. The van der Waals surface area contributed by atoms with Crippen LogP contribution in [0.15, 0.2) is 22.7 Å². The Kier molecular flexibility index (Phi) is 4.87. The number of nitrogens with zero attached hydrogens (tertiary/aromatic N) is 2. The minimum atomic E-state index is 0.0870. The quantitative estimate of drug-likeness (QED) is 0.821. The van der Waals surface area contributed by atoms with Gasteiger partial charge in [0.25, 0.3) is 5.91 Å². The molecule has 5 heteroatoms. The number of piperidine rings is 1. The third-order valence-corrected chi connectivity index (χ3v) is 4.79. The summed E-state index contributed by atoms with van der Waals surface area (Å²) in [7, 11) is 4.13. The van der Waals surface area contributed by atoms with Gasteiger partial charge < -0.3 is 9.80 Å². The highest BCUT2D eigenvalue weighted by Crippen LogP contribution is 2.24. The highest BCUT2D eigenvalue weighted by atomic mass is 79.9. The van der Waals surface area contributed by atoms with Crippen molar-refractivity contribution in [1.29, 1.82) is 0 Å². The van der Waals surface area contributed by atoms with E-state index < -0.39 is 0 Å². The Morgan fingerprint density at radius 3 is 2.84 bits per heavy atom. The van der Waals surface area contributed by atoms with Gasteiger partial charge in [-0.25, -0.2) is 0 Å². The van der Waals surface area contributed by atoms with Crippen LogP contribution in [0.5, 0.6) is 0 Å². The lowest BCUT2D eigenvalue weighted by Gasteiger charge is -2.36. The molecule has 0 N–H and O–H groups in total. The van der Waals surface area contributed by atoms with E-state index in [2.05, 4.69) is 34.9 Å². The van der Waals surface area contributed by atoms with Crippen LogP contribution in [-0.4, -0.2) is 48.9 Å². The third kappa shape index (κ3) is 3.50. The van der Waals surface area contributed by atoms with Crippen LogP contribution < -0.4 is 0 Å². The highest BCUT2D eigenvalue weighted by molar-refractivity contribution is 9.10. The molecule has 0 aliphatic carbocycles. The summed E-state index contributed by atoms with van der Waals surface area (Å²) in [6.45, 7) is 1.63. The molecule has 1 aromatic carbocycles. The first-order chi connectivity index (χ1) is 8.99. The van der Waals surface area contributed by atoms with Crippen LogP contribution >= 0.6 is 27.5 Å². The van der Waals surface area contributed by atoms with Crippen LogP contribution in [0.3, 0.4) is 0 Å².